The van der Waals surface area contributed by atoms with Crippen molar-refractivity contribution in [3.63, 3.8) is 0 Å². The van der Waals surface area contributed by atoms with Crippen molar-refractivity contribution in [2.75, 3.05) is 4.81 Å². The molecule has 0 bridgehead atoms. The monoisotopic (exact) mass is 897 g/mol. The zero-order valence-electron chi connectivity index (χ0n) is 39.3. The van der Waals surface area contributed by atoms with Crippen LogP contribution in [0.3, 0.4) is 0 Å². The highest BCUT2D eigenvalue weighted by Gasteiger charge is 2.47. The molecule has 328 valence electrons. The first kappa shape index (κ1) is 39.0. The van der Waals surface area contributed by atoms with Crippen LogP contribution in [0.25, 0.3) is 103 Å². The molecule has 0 spiro atoms. The number of furan rings is 1. The highest BCUT2D eigenvalue weighted by Crippen LogP contribution is 2.55. The van der Waals surface area contributed by atoms with Crippen LogP contribution in [0.5, 0.6) is 0 Å². The first-order valence-corrected chi connectivity index (χ1v) is 25.0. The zero-order chi connectivity index (χ0) is 45.7. The molecule has 15 rings (SSSR count). The number of hydrogen-bond donors (Lipinski definition) is 0. The number of benzene rings is 8. The van der Waals surface area contributed by atoms with Gasteiger partial charge in [0.2, 0.25) is 5.89 Å². The second kappa shape index (κ2) is 12.9. The van der Waals surface area contributed by atoms with E-state index in [1.165, 1.54) is 91.8 Å². The van der Waals surface area contributed by atoms with Gasteiger partial charge in [-0.15, -0.1) is 11.3 Å². The van der Waals surface area contributed by atoms with Gasteiger partial charge in [0.1, 0.15) is 16.7 Å². The van der Waals surface area contributed by atoms with Crippen LogP contribution in [0.2, 0.25) is 0 Å². The Morgan fingerprint density at radius 1 is 0.632 bits per heavy atom. The van der Waals surface area contributed by atoms with Crippen molar-refractivity contribution in [1.29, 1.82) is 0 Å². The van der Waals surface area contributed by atoms with Crippen molar-refractivity contribution in [2.45, 2.75) is 77.6 Å². The van der Waals surface area contributed by atoms with Crippen LogP contribution in [-0.4, -0.2) is 16.4 Å². The van der Waals surface area contributed by atoms with Crippen LogP contribution in [0, 0.1) is 0 Å². The van der Waals surface area contributed by atoms with Gasteiger partial charge in [-0.05, 0) is 129 Å². The maximum absolute atomic E-state index is 7.32. The van der Waals surface area contributed by atoms with Gasteiger partial charge < -0.3 is 18.2 Å². The Hall–Kier alpha value is -7.09. The lowest BCUT2D eigenvalue weighted by molar-refractivity contribution is 0.332. The van der Waals surface area contributed by atoms with Gasteiger partial charge in [-0.3, -0.25) is 0 Å². The zero-order valence-corrected chi connectivity index (χ0v) is 40.2. The van der Waals surface area contributed by atoms with Gasteiger partial charge in [0.05, 0.1) is 16.4 Å². The molecule has 4 aromatic heterocycles. The Bertz CT molecular complexity index is 4200. The van der Waals surface area contributed by atoms with E-state index in [1.807, 2.05) is 17.4 Å². The summed E-state index contributed by atoms with van der Waals surface area (Å²) in [4.78, 5) is 7.92. The lowest BCUT2D eigenvalue weighted by atomic mass is 9.43. The fraction of sp³-hybridized carbons (Fsp3) is 0.197. The maximum Gasteiger partial charge on any atom is 0.333 e. The Morgan fingerprint density at radius 2 is 1.35 bits per heavy atom. The Kier molecular flexibility index (Phi) is 7.40. The molecule has 0 atom stereocenters. The summed E-state index contributed by atoms with van der Waals surface area (Å²) in [5.41, 5.74) is 19.5. The molecule has 5 nitrogen and oxygen atoms in total. The SMILES string of the molecule is CC(C)(C)c1ccc(N2B3c4cc5nc(-c6ccccc6)oc5cc4-n4c5cc6c(cc5c5c7oc8ccccc8c7c(c3c54)-c3cc4c(cc32)sc2ccccc24)C(C)(C)CCC6(C)C)cc1. The molecule has 2 aliphatic heterocycles. The van der Waals surface area contributed by atoms with E-state index in [2.05, 4.69) is 191 Å². The second-order valence-corrected chi connectivity index (χ2v) is 23.2. The predicted octanol–water partition coefficient (Wildman–Crippen LogP) is 15.7. The minimum Gasteiger partial charge on any atom is -0.455 e. The van der Waals surface area contributed by atoms with Gasteiger partial charge in [0.25, 0.3) is 0 Å². The van der Waals surface area contributed by atoms with E-state index < -0.39 is 0 Å². The average molecular weight is 898 g/mol. The maximum atomic E-state index is 7.32. The minimum absolute atomic E-state index is 0.00394. The number of thiophene rings is 1. The molecule has 12 aromatic rings. The third-order valence-electron chi connectivity index (χ3n) is 16.2. The van der Waals surface area contributed by atoms with E-state index in [1.54, 1.807) is 0 Å². The molecule has 7 heteroatoms. The van der Waals surface area contributed by atoms with Gasteiger partial charge >= 0.3 is 6.85 Å². The number of para-hydroxylation sites is 1. The smallest absolute Gasteiger partial charge is 0.333 e. The molecule has 0 radical (unpaired) electrons. The van der Waals surface area contributed by atoms with Crippen LogP contribution in [-0.2, 0) is 16.2 Å². The molecule has 0 saturated carbocycles. The standard InChI is InChI=1S/C61H48BN3O2S/c1-59(2,3)34-21-23-35(24-22-34)65-46-32-51-38(36-17-12-14-20-50(36)68-51)27-39(46)52-53-37-18-11-13-19-48(37)66-57(53)54-40-28-41-42(61(6,7)26-25-60(41,4)5)29-45(40)64-47-31-49-44(30-43(47)62(65)55(52)56(54)64)63-58(67-49)33-15-9-8-10-16-33/h8-24,27-32H,25-26H2,1-7H3. The molecule has 0 amide bonds. The molecule has 0 saturated heterocycles. The normalized spacial score (nSPS) is 15.9. The summed E-state index contributed by atoms with van der Waals surface area (Å²) in [6.07, 6.45) is 2.27. The quantitative estimate of drug-likeness (QED) is 0.162. The molecule has 0 N–H and O–H groups in total. The Morgan fingerprint density at radius 3 is 2.13 bits per heavy atom. The summed E-state index contributed by atoms with van der Waals surface area (Å²) in [5.74, 6) is 0.626. The number of aromatic nitrogens is 2. The molecule has 0 unspecified atom stereocenters. The number of oxazole rings is 1. The van der Waals surface area contributed by atoms with E-state index in [4.69, 9.17) is 13.8 Å². The number of fused-ring (bicyclic) bond motifs is 18. The van der Waals surface area contributed by atoms with Crippen molar-refractivity contribution in [3.05, 3.63) is 156 Å². The molecule has 68 heavy (non-hydrogen) atoms. The number of anilines is 2. The third kappa shape index (κ3) is 5.04. The minimum atomic E-state index is -0.221. The van der Waals surface area contributed by atoms with E-state index >= 15 is 0 Å². The fourth-order valence-corrected chi connectivity index (χ4v) is 13.7. The van der Waals surface area contributed by atoms with E-state index in [9.17, 15) is 0 Å². The predicted molar refractivity (Wildman–Crippen MR) is 287 cm³/mol. The fourth-order valence-electron chi connectivity index (χ4n) is 12.6. The summed E-state index contributed by atoms with van der Waals surface area (Å²) in [6.45, 7) is 16.4. The molecule has 1 aliphatic carbocycles. The summed E-state index contributed by atoms with van der Waals surface area (Å²) in [6, 6.07) is 52.0. The van der Waals surface area contributed by atoms with Crippen LogP contribution in [0.1, 0.15) is 78.0 Å². The average Bonchev–Trinajstić information content (AvgIpc) is 4.11. The van der Waals surface area contributed by atoms with Gasteiger partial charge in [-0.2, -0.15) is 0 Å². The molecule has 0 fully saturated rings. The summed E-state index contributed by atoms with van der Waals surface area (Å²) in [7, 11) is 0. The largest absolute Gasteiger partial charge is 0.455 e. The Labute approximate surface area is 398 Å². The third-order valence-corrected chi connectivity index (χ3v) is 17.3. The van der Waals surface area contributed by atoms with Gasteiger partial charge in [0.15, 0.2) is 5.58 Å². The van der Waals surface area contributed by atoms with E-state index in [0.29, 0.717) is 5.89 Å². The van der Waals surface area contributed by atoms with Crippen molar-refractivity contribution in [3.8, 4) is 28.3 Å². The van der Waals surface area contributed by atoms with Crippen LogP contribution in [0.15, 0.2) is 148 Å². The first-order valence-electron chi connectivity index (χ1n) is 24.2. The Balaban J connectivity index is 1.18. The topological polar surface area (TPSA) is 47.3 Å². The van der Waals surface area contributed by atoms with E-state index in [-0.39, 0.29) is 23.1 Å². The first-order chi connectivity index (χ1) is 32.8. The number of rotatable bonds is 2. The van der Waals surface area contributed by atoms with Gasteiger partial charge in [-0.1, -0.05) is 115 Å². The number of hydrogen-bond acceptors (Lipinski definition) is 5. The summed E-state index contributed by atoms with van der Waals surface area (Å²) >= 11 is 1.88. The highest BCUT2D eigenvalue weighted by atomic mass is 32.1. The van der Waals surface area contributed by atoms with Gasteiger partial charge in [-0.25, -0.2) is 4.98 Å². The van der Waals surface area contributed by atoms with Gasteiger partial charge in [0, 0.05) is 70.6 Å². The van der Waals surface area contributed by atoms with Crippen LogP contribution in [0.4, 0.5) is 11.4 Å². The van der Waals surface area contributed by atoms with E-state index in [0.717, 1.165) is 57.4 Å². The summed E-state index contributed by atoms with van der Waals surface area (Å²) in [5, 5.41) is 7.31. The molecule has 6 heterocycles. The lowest BCUT2D eigenvalue weighted by Gasteiger charge is -2.42. The van der Waals surface area contributed by atoms with Crippen molar-refractivity contribution in [1.82, 2.24) is 9.55 Å². The highest BCUT2D eigenvalue weighted by molar-refractivity contribution is 7.25. The molecule has 3 aliphatic rings. The molecular formula is C61H48BN3O2S. The second-order valence-electron chi connectivity index (χ2n) is 22.1. The van der Waals surface area contributed by atoms with Crippen LogP contribution >= 0.6 is 11.3 Å². The van der Waals surface area contributed by atoms with Crippen molar-refractivity contribution >= 4 is 116 Å². The summed E-state index contributed by atoms with van der Waals surface area (Å²) < 4.78 is 19.3. The lowest BCUT2D eigenvalue weighted by Crippen LogP contribution is -2.60. The number of nitrogens with zero attached hydrogens (tertiary/aromatic N) is 3. The van der Waals surface area contributed by atoms with Crippen molar-refractivity contribution < 1.29 is 8.83 Å². The molecular weight excluding hydrogens is 850 g/mol. The van der Waals surface area contributed by atoms with Crippen molar-refractivity contribution in [2.24, 2.45) is 0 Å². The molecule has 8 aromatic carbocycles. The van der Waals surface area contributed by atoms with Crippen LogP contribution < -0.4 is 15.7 Å².